The lowest BCUT2D eigenvalue weighted by molar-refractivity contribution is -0.121. The van der Waals surface area contributed by atoms with Crippen molar-refractivity contribution in [2.24, 2.45) is 5.92 Å². The monoisotopic (exact) mass is 319 g/mol. The Balaban J connectivity index is 1.98. The number of carbonyl (C=O) groups excluding carboxylic acids is 1. The minimum Gasteiger partial charge on any atom is -0.369 e. The van der Waals surface area contributed by atoms with Gasteiger partial charge in [0.15, 0.2) is 0 Å². The van der Waals surface area contributed by atoms with E-state index in [0.29, 0.717) is 23.6 Å². The van der Waals surface area contributed by atoms with Crippen LogP contribution >= 0.6 is 11.6 Å². The minimum absolute atomic E-state index is 0.103. The number of amides is 1. The van der Waals surface area contributed by atoms with Crippen molar-refractivity contribution in [3.63, 3.8) is 0 Å². The highest BCUT2D eigenvalue weighted by Gasteiger charge is 2.24. The first-order valence-electron chi connectivity index (χ1n) is 7.85. The van der Waals surface area contributed by atoms with Crippen LogP contribution in [0.5, 0.6) is 0 Å². The van der Waals surface area contributed by atoms with Gasteiger partial charge in [0.25, 0.3) is 0 Å². The Labute approximate surface area is 137 Å². The number of nitrogens with one attached hydrogen (secondary N) is 1. The molecule has 118 valence electrons. The SMILES string of the molecule is CCCC(=O)NCCN(CC1CC1)c1ccc(C#N)c(Cl)c1. The van der Waals surface area contributed by atoms with Gasteiger partial charge in [-0.3, -0.25) is 4.79 Å². The molecule has 4 nitrogen and oxygen atoms in total. The van der Waals surface area contributed by atoms with Crippen molar-refractivity contribution in [1.29, 1.82) is 5.26 Å². The van der Waals surface area contributed by atoms with E-state index in [1.165, 1.54) is 12.8 Å². The maximum atomic E-state index is 11.5. The van der Waals surface area contributed by atoms with Crippen LogP contribution < -0.4 is 10.2 Å². The smallest absolute Gasteiger partial charge is 0.220 e. The summed E-state index contributed by atoms with van der Waals surface area (Å²) in [6.07, 6.45) is 3.97. The molecule has 1 aliphatic rings. The van der Waals surface area contributed by atoms with Crippen molar-refractivity contribution in [2.45, 2.75) is 32.6 Å². The zero-order chi connectivity index (χ0) is 15.9. The molecule has 0 aliphatic heterocycles. The number of hydrogen-bond acceptors (Lipinski definition) is 3. The van der Waals surface area contributed by atoms with Crippen molar-refractivity contribution in [1.82, 2.24) is 5.32 Å². The molecule has 1 aliphatic carbocycles. The molecule has 0 bridgehead atoms. The van der Waals surface area contributed by atoms with Crippen LogP contribution in [-0.4, -0.2) is 25.5 Å². The molecule has 0 atom stereocenters. The van der Waals surface area contributed by atoms with Gasteiger partial charge in [-0.25, -0.2) is 0 Å². The van der Waals surface area contributed by atoms with E-state index in [4.69, 9.17) is 16.9 Å². The molecule has 0 spiro atoms. The van der Waals surface area contributed by atoms with Gasteiger partial charge < -0.3 is 10.2 Å². The van der Waals surface area contributed by atoms with Crippen LogP contribution in [0.4, 0.5) is 5.69 Å². The molecule has 1 N–H and O–H groups in total. The van der Waals surface area contributed by atoms with Crippen molar-refractivity contribution in [3.8, 4) is 6.07 Å². The first kappa shape index (κ1) is 16.6. The highest BCUT2D eigenvalue weighted by Crippen LogP contribution is 2.32. The molecule has 22 heavy (non-hydrogen) atoms. The third-order valence-electron chi connectivity index (χ3n) is 3.79. The topological polar surface area (TPSA) is 56.1 Å². The van der Waals surface area contributed by atoms with Crippen molar-refractivity contribution in [2.75, 3.05) is 24.5 Å². The quantitative estimate of drug-likeness (QED) is 0.799. The minimum atomic E-state index is 0.103. The Morgan fingerprint density at radius 3 is 2.86 bits per heavy atom. The van der Waals surface area contributed by atoms with Gasteiger partial charge in [-0.05, 0) is 43.4 Å². The molecule has 0 saturated heterocycles. The number of benzene rings is 1. The highest BCUT2D eigenvalue weighted by molar-refractivity contribution is 6.32. The second kappa shape index (κ2) is 8.05. The summed E-state index contributed by atoms with van der Waals surface area (Å²) in [7, 11) is 0. The summed E-state index contributed by atoms with van der Waals surface area (Å²) < 4.78 is 0. The summed E-state index contributed by atoms with van der Waals surface area (Å²) >= 11 is 6.13. The fraction of sp³-hybridized carbons (Fsp3) is 0.529. The third kappa shape index (κ3) is 4.92. The summed E-state index contributed by atoms with van der Waals surface area (Å²) in [6, 6.07) is 7.61. The Kier molecular flexibility index (Phi) is 6.09. The number of nitrogens with zero attached hydrogens (tertiary/aromatic N) is 2. The molecule has 0 unspecified atom stereocenters. The molecule has 0 aromatic heterocycles. The summed E-state index contributed by atoms with van der Waals surface area (Å²) in [5.74, 6) is 0.840. The normalized spacial score (nSPS) is 13.5. The van der Waals surface area contributed by atoms with Gasteiger partial charge in [-0.1, -0.05) is 18.5 Å². The largest absolute Gasteiger partial charge is 0.369 e. The summed E-state index contributed by atoms with van der Waals surface area (Å²) in [4.78, 5) is 13.8. The first-order valence-corrected chi connectivity index (χ1v) is 8.23. The molecule has 1 amide bonds. The predicted octanol–water partition coefficient (Wildman–Crippen LogP) is 3.34. The lowest BCUT2D eigenvalue weighted by Crippen LogP contribution is -2.36. The third-order valence-corrected chi connectivity index (χ3v) is 4.11. The van der Waals surface area contributed by atoms with Gasteiger partial charge in [0.2, 0.25) is 5.91 Å². The van der Waals surface area contributed by atoms with E-state index in [1.54, 1.807) is 6.07 Å². The Hall–Kier alpha value is -1.73. The molecule has 2 rings (SSSR count). The summed E-state index contributed by atoms with van der Waals surface area (Å²) in [5, 5.41) is 12.4. The average molecular weight is 320 g/mol. The number of anilines is 1. The fourth-order valence-corrected chi connectivity index (χ4v) is 2.59. The second-order valence-electron chi connectivity index (χ2n) is 5.77. The molecule has 1 fully saturated rings. The maximum absolute atomic E-state index is 11.5. The Morgan fingerprint density at radius 1 is 1.50 bits per heavy atom. The lowest BCUT2D eigenvalue weighted by atomic mass is 10.2. The van der Waals surface area contributed by atoms with E-state index in [2.05, 4.69) is 16.3 Å². The summed E-state index contributed by atoms with van der Waals surface area (Å²) in [5.41, 5.74) is 1.51. The number of hydrogen-bond donors (Lipinski definition) is 1. The molecular weight excluding hydrogens is 298 g/mol. The van der Waals surface area contributed by atoms with Gasteiger partial charge in [0, 0.05) is 31.7 Å². The van der Waals surface area contributed by atoms with Crippen LogP contribution in [0.3, 0.4) is 0 Å². The molecule has 1 aromatic carbocycles. The standard InChI is InChI=1S/C17H22ClN3O/c1-2-3-17(22)20-8-9-21(12-13-4-5-13)15-7-6-14(11-19)16(18)10-15/h6-7,10,13H,2-5,8-9,12H2,1H3,(H,20,22). The molecule has 0 heterocycles. The molecule has 0 radical (unpaired) electrons. The van der Waals surface area contributed by atoms with E-state index >= 15 is 0 Å². The second-order valence-corrected chi connectivity index (χ2v) is 6.17. The van der Waals surface area contributed by atoms with Crippen molar-refractivity contribution in [3.05, 3.63) is 28.8 Å². The van der Waals surface area contributed by atoms with E-state index in [9.17, 15) is 4.79 Å². The van der Waals surface area contributed by atoms with E-state index in [0.717, 1.165) is 31.1 Å². The van der Waals surface area contributed by atoms with Crippen LogP contribution in [0.15, 0.2) is 18.2 Å². The van der Waals surface area contributed by atoms with Gasteiger partial charge in [0.1, 0.15) is 6.07 Å². The Bertz CT molecular complexity index is 564. The van der Waals surface area contributed by atoms with Gasteiger partial charge in [0.05, 0.1) is 10.6 Å². The average Bonchev–Trinajstić information content (AvgIpc) is 3.30. The van der Waals surface area contributed by atoms with Crippen LogP contribution in [-0.2, 0) is 4.79 Å². The zero-order valence-electron chi connectivity index (χ0n) is 12.9. The zero-order valence-corrected chi connectivity index (χ0v) is 13.7. The molecular formula is C17H22ClN3O. The lowest BCUT2D eigenvalue weighted by Gasteiger charge is -2.25. The van der Waals surface area contributed by atoms with E-state index in [-0.39, 0.29) is 5.91 Å². The highest BCUT2D eigenvalue weighted by atomic mass is 35.5. The molecule has 5 heteroatoms. The number of carbonyl (C=O) groups is 1. The van der Waals surface area contributed by atoms with Gasteiger partial charge >= 0.3 is 0 Å². The van der Waals surface area contributed by atoms with Gasteiger partial charge in [-0.2, -0.15) is 5.26 Å². The first-order chi connectivity index (χ1) is 10.6. The molecule has 1 saturated carbocycles. The number of halogens is 1. The summed E-state index contributed by atoms with van der Waals surface area (Å²) in [6.45, 7) is 4.36. The van der Waals surface area contributed by atoms with Crippen LogP contribution in [0.2, 0.25) is 5.02 Å². The predicted molar refractivity (Wildman–Crippen MR) is 89.0 cm³/mol. The van der Waals surface area contributed by atoms with Crippen molar-refractivity contribution < 1.29 is 4.79 Å². The van der Waals surface area contributed by atoms with Crippen LogP contribution in [0.25, 0.3) is 0 Å². The van der Waals surface area contributed by atoms with E-state index < -0.39 is 0 Å². The number of rotatable bonds is 8. The van der Waals surface area contributed by atoms with Crippen LogP contribution in [0.1, 0.15) is 38.2 Å². The van der Waals surface area contributed by atoms with Crippen molar-refractivity contribution >= 4 is 23.2 Å². The molecule has 1 aromatic rings. The maximum Gasteiger partial charge on any atom is 0.220 e. The Morgan fingerprint density at radius 2 is 2.27 bits per heavy atom. The van der Waals surface area contributed by atoms with E-state index in [1.807, 2.05) is 19.1 Å². The number of nitriles is 1. The van der Waals surface area contributed by atoms with Crippen LogP contribution in [0, 0.1) is 17.2 Å². The van der Waals surface area contributed by atoms with Gasteiger partial charge in [-0.15, -0.1) is 0 Å². The fourth-order valence-electron chi connectivity index (χ4n) is 2.38.